The number of nitrogens with two attached hydrogens (primary N) is 1. The Morgan fingerprint density at radius 1 is 1.23 bits per heavy atom. The summed E-state index contributed by atoms with van der Waals surface area (Å²) in [6.45, 7) is 1.71. The minimum absolute atomic E-state index is 0.148. The topological polar surface area (TPSA) is 110 Å². The molecule has 22 heavy (non-hydrogen) atoms. The molecule has 2 atom stereocenters. The van der Waals surface area contributed by atoms with Crippen LogP contribution in [0.4, 0.5) is 5.95 Å². The molecule has 1 saturated heterocycles. The highest BCUT2D eigenvalue weighted by Gasteiger charge is 2.54. The highest BCUT2D eigenvalue weighted by atomic mass is 16.2. The summed E-state index contributed by atoms with van der Waals surface area (Å²) < 4.78 is 1.60. The fourth-order valence-electron chi connectivity index (χ4n) is 3.59. The highest BCUT2D eigenvalue weighted by molar-refractivity contribution is 5.74. The molecule has 2 unspecified atom stereocenters. The van der Waals surface area contributed by atoms with Crippen molar-refractivity contribution in [2.45, 2.75) is 24.9 Å². The molecule has 2 aromatic heterocycles. The average Bonchev–Trinajstić information content (AvgIpc) is 3.38. The van der Waals surface area contributed by atoms with Crippen molar-refractivity contribution in [3.05, 3.63) is 27.0 Å². The van der Waals surface area contributed by atoms with E-state index in [1.807, 2.05) is 0 Å². The predicted octanol–water partition coefficient (Wildman–Crippen LogP) is -0.792. The number of rotatable bonds is 2. The normalized spacial score (nSPS) is 29.9. The standard InChI is InChI=1S/C14H16N6O2/c15-10-8-4-19(5-9(8)10)13-16-3-7-11(17-13)20(6-1-2-6)14(22)18-12(7)21/h3,6,8-10H,1-2,4-5,15H2,(H,18,21,22). The Balaban J connectivity index is 1.65. The van der Waals surface area contributed by atoms with Crippen LogP contribution in [-0.2, 0) is 0 Å². The largest absolute Gasteiger partial charge is 0.340 e. The van der Waals surface area contributed by atoms with Crippen molar-refractivity contribution < 1.29 is 0 Å². The Morgan fingerprint density at radius 3 is 2.64 bits per heavy atom. The maximum atomic E-state index is 12.1. The second-order valence-electron chi connectivity index (χ2n) is 6.58. The van der Waals surface area contributed by atoms with Crippen molar-refractivity contribution in [1.82, 2.24) is 19.5 Å². The van der Waals surface area contributed by atoms with E-state index in [4.69, 9.17) is 5.73 Å². The van der Waals surface area contributed by atoms with Crippen molar-refractivity contribution in [2.24, 2.45) is 17.6 Å². The van der Waals surface area contributed by atoms with E-state index in [2.05, 4.69) is 19.9 Å². The number of nitrogens with zero attached hydrogens (tertiary/aromatic N) is 4. The fourth-order valence-corrected chi connectivity index (χ4v) is 3.59. The minimum atomic E-state index is -0.422. The summed E-state index contributed by atoms with van der Waals surface area (Å²) in [5.74, 6) is 1.65. The molecule has 0 bridgehead atoms. The van der Waals surface area contributed by atoms with Crippen LogP contribution >= 0.6 is 0 Å². The van der Waals surface area contributed by atoms with Gasteiger partial charge in [-0.25, -0.2) is 9.78 Å². The van der Waals surface area contributed by atoms with Gasteiger partial charge in [0.2, 0.25) is 5.95 Å². The molecule has 0 aromatic carbocycles. The Hall–Kier alpha value is -2.22. The van der Waals surface area contributed by atoms with E-state index in [-0.39, 0.29) is 11.7 Å². The van der Waals surface area contributed by atoms with Crippen molar-refractivity contribution in [2.75, 3.05) is 18.0 Å². The maximum absolute atomic E-state index is 12.1. The summed E-state index contributed by atoms with van der Waals surface area (Å²) >= 11 is 0. The SMILES string of the molecule is NC1C2CN(c3ncc4c(=O)[nH]c(=O)n(C5CC5)c4n3)CC12. The van der Waals surface area contributed by atoms with Crippen LogP contribution in [0, 0.1) is 11.8 Å². The van der Waals surface area contributed by atoms with Crippen LogP contribution in [0.25, 0.3) is 11.0 Å². The third kappa shape index (κ3) is 1.61. The molecule has 114 valence electrons. The smallest absolute Gasteiger partial charge is 0.330 e. The Bertz CT molecular complexity index is 886. The predicted molar refractivity (Wildman–Crippen MR) is 79.9 cm³/mol. The molecule has 2 saturated carbocycles. The molecular formula is C14H16N6O2. The number of hydrogen-bond acceptors (Lipinski definition) is 6. The molecule has 3 heterocycles. The first-order chi connectivity index (χ1) is 10.6. The summed E-state index contributed by atoms with van der Waals surface area (Å²) in [5, 5.41) is 0.372. The van der Waals surface area contributed by atoms with Crippen LogP contribution in [0.3, 0.4) is 0 Å². The number of aromatic nitrogens is 4. The van der Waals surface area contributed by atoms with Gasteiger partial charge in [0.05, 0.1) is 0 Å². The first kappa shape index (κ1) is 12.3. The number of H-pyrrole nitrogens is 1. The summed E-state index contributed by atoms with van der Waals surface area (Å²) in [4.78, 5) is 37.3. The summed E-state index contributed by atoms with van der Waals surface area (Å²) in [6.07, 6.45) is 3.42. The van der Waals surface area contributed by atoms with E-state index in [0.717, 1.165) is 25.9 Å². The monoisotopic (exact) mass is 300 g/mol. The number of fused-ring (bicyclic) bond motifs is 2. The lowest BCUT2D eigenvalue weighted by atomic mass is 10.3. The molecule has 2 aliphatic carbocycles. The van der Waals surface area contributed by atoms with E-state index in [1.165, 1.54) is 6.20 Å². The average molecular weight is 300 g/mol. The van der Waals surface area contributed by atoms with Crippen molar-refractivity contribution in [1.29, 1.82) is 0 Å². The number of hydrogen-bond donors (Lipinski definition) is 2. The third-order valence-corrected chi connectivity index (χ3v) is 5.12. The van der Waals surface area contributed by atoms with E-state index in [0.29, 0.717) is 34.9 Å². The van der Waals surface area contributed by atoms with Crippen LogP contribution in [0.2, 0.25) is 0 Å². The van der Waals surface area contributed by atoms with E-state index >= 15 is 0 Å². The van der Waals surface area contributed by atoms with Gasteiger partial charge in [-0.1, -0.05) is 0 Å². The van der Waals surface area contributed by atoms with Gasteiger partial charge in [0, 0.05) is 31.4 Å². The van der Waals surface area contributed by atoms with Gasteiger partial charge in [0.15, 0.2) is 5.65 Å². The fraction of sp³-hybridized carbons (Fsp3) is 0.571. The molecular weight excluding hydrogens is 284 g/mol. The molecule has 3 fully saturated rings. The lowest BCUT2D eigenvalue weighted by molar-refractivity contribution is 0.691. The molecule has 0 radical (unpaired) electrons. The zero-order valence-electron chi connectivity index (χ0n) is 11.9. The summed E-state index contributed by atoms with van der Waals surface area (Å²) in [6, 6.07) is 0.458. The van der Waals surface area contributed by atoms with E-state index in [1.54, 1.807) is 4.57 Å². The number of anilines is 1. The molecule has 8 nitrogen and oxygen atoms in total. The molecule has 3 N–H and O–H groups in total. The highest BCUT2D eigenvalue weighted by Crippen LogP contribution is 2.44. The van der Waals surface area contributed by atoms with E-state index in [9.17, 15) is 9.59 Å². The molecule has 1 aliphatic heterocycles. The third-order valence-electron chi connectivity index (χ3n) is 5.12. The van der Waals surface area contributed by atoms with Crippen molar-refractivity contribution >= 4 is 17.0 Å². The molecule has 0 amide bonds. The van der Waals surface area contributed by atoms with Crippen LogP contribution in [0.15, 0.2) is 15.8 Å². The summed E-state index contributed by atoms with van der Waals surface area (Å²) in [7, 11) is 0. The van der Waals surface area contributed by atoms with Gasteiger partial charge >= 0.3 is 5.69 Å². The number of nitrogens with one attached hydrogen (secondary N) is 1. The molecule has 0 spiro atoms. The lowest BCUT2D eigenvalue weighted by Gasteiger charge is -2.19. The van der Waals surface area contributed by atoms with Crippen LogP contribution < -0.4 is 21.9 Å². The van der Waals surface area contributed by atoms with Gasteiger partial charge < -0.3 is 10.6 Å². The quantitative estimate of drug-likeness (QED) is 0.752. The Labute approximate surface area is 125 Å². The van der Waals surface area contributed by atoms with Crippen LogP contribution in [0.1, 0.15) is 18.9 Å². The van der Waals surface area contributed by atoms with Gasteiger partial charge in [-0.15, -0.1) is 0 Å². The first-order valence-electron chi connectivity index (χ1n) is 7.65. The first-order valence-corrected chi connectivity index (χ1v) is 7.65. The maximum Gasteiger partial charge on any atom is 0.330 e. The number of piperidine rings is 1. The second kappa shape index (κ2) is 3.95. The summed E-state index contributed by atoms with van der Waals surface area (Å²) in [5.41, 5.74) is 5.61. The van der Waals surface area contributed by atoms with E-state index < -0.39 is 5.56 Å². The molecule has 3 aliphatic rings. The van der Waals surface area contributed by atoms with Crippen molar-refractivity contribution in [3.8, 4) is 0 Å². The van der Waals surface area contributed by atoms with Gasteiger partial charge in [0.1, 0.15) is 5.39 Å². The zero-order chi connectivity index (χ0) is 15.0. The second-order valence-corrected chi connectivity index (χ2v) is 6.58. The molecule has 5 rings (SSSR count). The Morgan fingerprint density at radius 2 is 1.95 bits per heavy atom. The van der Waals surface area contributed by atoms with Gasteiger partial charge in [-0.3, -0.25) is 14.3 Å². The number of aromatic amines is 1. The lowest BCUT2D eigenvalue weighted by Crippen LogP contribution is -2.32. The van der Waals surface area contributed by atoms with Gasteiger partial charge in [-0.05, 0) is 24.7 Å². The minimum Gasteiger partial charge on any atom is -0.340 e. The van der Waals surface area contributed by atoms with Gasteiger partial charge in [0.25, 0.3) is 5.56 Å². The van der Waals surface area contributed by atoms with Crippen molar-refractivity contribution in [3.63, 3.8) is 0 Å². The Kier molecular flexibility index (Phi) is 2.21. The van der Waals surface area contributed by atoms with Crippen LogP contribution in [0.5, 0.6) is 0 Å². The van der Waals surface area contributed by atoms with Crippen LogP contribution in [-0.4, -0.2) is 38.7 Å². The molecule has 8 heteroatoms. The van der Waals surface area contributed by atoms with Gasteiger partial charge in [-0.2, -0.15) is 4.98 Å². The zero-order valence-corrected chi connectivity index (χ0v) is 11.9. The molecule has 2 aromatic rings.